The van der Waals surface area contributed by atoms with Gasteiger partial charge < -0.3 is 5.32 Å². The number of aryl methyl sites for hydroxylation is 1. The van der Waals surface area contributed by atoms with Crippen LogP contribution in [0.4, 0.5) is 17.6 Å². The fraction of sp³-hybridized carbons (Fsp3) is 0.280. The van der Waals surface area contributed by atoms with Crippen molar-refractivity contribution in [1.82, 2.24) is 10.3 Å². The number of hydrogen-bond acceptors (Lipinski definition) is 2. The third-order valence-electron chi connectivity index (χ3n) is 5.88. The van der Waals surface area contributed by atoms with Gasteiger partial charge in [-0.25, -0.2) is 4.39 Å². The highest BCUT2D eigenvalue weighted by Gasteiger charge is 2.43. The first-order valence-corrected chi connectivity index (χ1v) is 10.8. The van der Waals surface area contributed by atoms with Gasteiger partial charge in [-0.1, -0.05) is 35.9 Å². The van der Waals surface area contributed by atoms with E-state index in [1.807, 2.05) is 25.1 Å². The average molecular weight is 477 g/mol. The predicted molar refractivity (Wildman–Crippen MR) is 117 cm³/mol. The maximum absolute atomic E-state index is 14.5. The number of carbonyl (C=O) groups is 1. The van der Waals surface area contributed by atoms with Gasteiger partial charge in [0.25, 0.3) is 0 Å². The molecule has 1 saturated carbocycles. The zero-order valence-electron chi connectivity index (χ0n) is 17.7. The fourth-order valence-electron chi connectivity index (χ4n) is 3.90. The van der Waals surface area contributed by atoms with Crippen LogP contribution in [-0.4, -0.2) is 10.9 Å². The summed E-state index contributed by atoms with van der Waals surface area (Å²) in [6, 6.07) is 12.8. The molecule has 1 aliphatic carbocycles. The lowest BCUT2D eigenvalue weighted by Gasteiger charge is -2.36. The summed E-state index contributed by atoms with van der Waals surface area (Å²) in [6.45, 7) is 1.87. The van der Waals surface area contributed by atoms with E-state index in [1.165, 1.54) is 6.20 Å². The minimum Gasteiger partial charge on any atom is -0.340 e. The first-order chi connectivity index (χ1) is 15.6. The van der Waals surface area contributed by atoms with Crippen LogP contribution in [0.1, 0.15) is 40.8 Å². The number of nitrogens with zero attached hydrogens (tertiary/aromatic N) is 1. The third kappa shape index (κ3) is 5.03. The van der Waals surface area contributed by atoms with Crippen LogP contribution in [-0.2, 0) is 22.9 Å². The van der Waals surface area contributed by atoms with Gasteiger partial charge in [-0.2, -0.15) is 13.2 Å². The molecule has 1 heterocycles. The summed E-state index contributed by atoms with van der Waals surface area (Å²) < 4.78 is 55.3. The van der Waals surface area contributed by atoms with Crippen molar-refractivity contribution in [2.45, 2.75) is 37.9 Å². The van der Waals surface area contributed by atoms with E-state index in [1.54, 1.807) is 18.2 Å². The number of nitrogens with one attached hydrogen (secondary N) is 1. The number of halogens is 5. The summed E-state index contributed by atoms with van der Waals surface area (Å²) in [5.74, 6) is -1.59. The van der Waals surface area contributed by atoms with Gasteiger partial charge in [-0.3, -0.25) is 9.78 Å². The highest BCUT2D eigenvalue weighted by Crippen LogP contribution is 2.39. The number of aromatic nitrogens is 1. The minimum absolute atomic E-state index is 0.0399. The molecule has 0 spiro atoms. The molecule has 1 aliphatic rings. The highest BCUT2D eigenvalue weighted by molar-refractivity contribution is 6.30. The summed E-state index contributed by atoms with van der Waals surface area (Å²) in [7, 11) is 0. The molecule has 0 bridgehead atoms. The summed E-state index contributed by atoms with van der Waals surface area (Å²) in [4.78, 5) is 17.4. The summed E-state index contributed by atoms with van der Waals surface area (Å²) in [5, 5.41) is 3.27. The molecule has 1 aromatic heterocycles. The second kappa shape index (κ2) is 8.78. The normalized spacial score (nSPS) is 15.7. The van der Waals surface area contributed by atoms with Crippen LogP contribution in [0, 0.1) is 18.7 Å². The maximum atomic E-state index is 14.5. The van der Waals surface area contributed by atoms with Crippen LogP contribution in [0.2, 0.25) is 5.02 Å². The molecular weight excluding hydrogens is 456 g/mol. The summed E-state index contributed by atoms with van der Waals surface area (Å²) in [5.41, 5.74) is -0.795. The number of pyridine rings is 1. The second-order valence-corrected chi connectivity index (χ2v) is 8.80. The number of hydrogen-bond donors (Lipinski definition) is 1. The van der Waals surface area contributed by atoms with Crippen molar-refractivity contribution >= 4 is 17.5 Å². The maximum Gasteiger partial charge on any atom is 0.416 e. The summed E-state index contributed by atoms with van der Waals surface area (Å²) >= 11 is 6.01. The molecule has 3 nitrogen and oxygen atoms in total. The largest absolute Gasteiger partial charge is 0.416 e. The zero-order valence-corrected chi connectivity index (χ0v) is 18.5. The molecule has 4 rings (SSSR count). The zero-order chi connectivity index (χ0) is 23.8. The number of benzene rings is 2. The Balaban J connectivity index is 1.98. The predicted octanol–water partition coefficient (Wildman–Crippen LogP) is 6.21. The van der Waals surface area contributed by atoms with Gasteiger partial charge >= 0.3 is 6.18 Å². The molecule has 0 saturated heterocycles. The second-order valence-electron chi connectivity index (χ2n) is 8.36. The molecule has 33 heavy (non-hydrogen) atoms. The molecule has 0 aliphatic heterocycles. The topological polar surface area (TPSA) is 42.0 Å². The number of rotatable bonds is 6. The Labute approximate surface area is 193 Å². The number of carbonyl (C=O) groups excluding carboxylic acids is 1. The van der Waals surface area contributed by atoms with E-state index >= 15 is 0 Å². The molecule has 3 aromatic rings. The van der Waals surface area contributed by atoms with E-state index in [4.69, 9.17) is 11.6 Å². The molecule has 8 heteroatoms. The van der Waals surface area contributed by atoms with Crippen molar-refractivity contribution in [2.24, 2.45) is 5.92 Å². The van der Waals surface area contributed by atoms with Gasteiger partial charge in [0.05, 0.1) is 16.3 Å². The van der Waals surface area contributed by atoms with Crippen LogP contribution >= 0.6 is 11.6 Å². The molecule has 1 amide bonds. The van der Waals surface area contributed by atoms with Crippen molar-refractivity contribution in [3.63, 3.8) is 0 Å². The van der Waals surface area contributed by atoms with Gasteiger partial charge in [0.2, 0.25) is 5.91 Å². The lowest BCUT2D eigenvalue weighted by Crippen LogP contribution is -2.50. The van der Waals surface area contributed by atoms with Crippen molar-refractivity contribution in [3.8, 4) is 0 Å². The first kappa shape index (κ1) is 23.2. The Morgan fingerprint density at radius 3 is 2.39 bits per heavy atom. The van der Waals surface area contributed by atoms with Gasteiger partial charge in [-0.15, -0.1) is 0 Å². The lowest BCUT2D eigenvalue weighted by atomic mass is 9.78. The minimum atomic E-state index is -4.76. The quantitative estimate of drug-likeness (QED) is 0.429. The number of alkyl halides is 3. The SMILES string of the molecule is Cc1ccccc1CC(NC(=O)C1CC1)(c1cc(F)cc(C(F)(F)F)c1)c1ccc(Cl)cn1. The van der Waals surface area contributed by atoms with E-state index in [0.29, 0.717) is 23.9 Å². The first-order valence-electron chi connectivity index (χ1n) is 10.5. The fourth-order valence-corrected chi connectivity index (χ4v) is 4.01. The van der Waals surface area contributed by atoms with Gasteiger partial charge in [0, 0.05) is 18.5 Å². The van der Waals surface area contributed by atoms with Crippen molar-refractivity contribution in [3.05, 3.63) is 99.6 Å². The Kier molecular flexibility index (Phi) is 6.18. The smallest absolute Gasteiger partial charge is 0.340 e. The lowest BCUT2D eigenvalue weighted by molar-refractivity contribution is -0.137. The van der Waals surface area contributed by atoms with Crippen LogP contribution in [0.25, 0.3) is 0 Å². The molecule has 172 valence electrons. The average Bonchev–Trinajstić information content (AvgIpc) is 3.60. The Bertz CT molecular complexity index is 1180. The van der Waals surface area contributed by atoms with Gasteiger partial charge in [0.15, 0.2) is 0 Å². The Morgan fingerprint density at radius 1 is 1.09 bits per heavy atom. The van der Waals surface area contributed by atoms with Crippen LogP contribution < -0.4 is 5.32 Å². The van der Waals surface area contributed by atoms with E-state index < -0.39 is 23.1 Å². The molecule has 1 N–H and O–H groups in total. The van der Waals surface area contributed by atoms with E-state index in [2.05, 4.69) is 10.3 Å². The standard InChI is InChI=1S/C25H21ClF4N2O/c1-15-4-2-3-5-17(15)13-24(32-23(33)16-6-7-16,22-9-8-20(26)14-31-22)18-10-19(25(28,29)30)12-21(27)11-18/h2-5,8-12,14,16H,6-7,13H2,1H3,(H,32,33). The van der Waals surface area contributed by atoms with Crippen molar-refractivity contribution in [1.29, 1.82) is 0 Å². The molecule has 0 radical (unpaired) electrons. The third-order valence-corrected chi connectivity index (χ3v) is 6.11. The van der Waals surface area contributed by atoms with Crippen molar-refractivity contribution < 1.29 is 22.4 Å². The van der Waals surface area contributed by atoms with Crippen LogP contribution in [0.15, 0.2) is 60.8 Å². The summed E-state index contributed by atoms with van der Waals surface area (Å²) in [6.07, 6.45) is -1.95. The van der Waals surface area contributed by atoms with Gasteiger partial charge in [0.1, 0.15) is 11.4 Å². The Morgan fingerprint density at radius 2 is 1.79 bits per heavy atom. The highest BCUT2D eigenvalue weighted by atomic mass is 35.5. The molecule has 1 atom stereocenters. The Hall–Kier alpha value is -2.93. The van der Waals surface area contributed by atoms with Crippen molar-refractivity contribution in [2.75, 3.05) is 0 Å². The molecule has 1 unspecified atom stereocenters. The van der Waals surface area contributed by atoms with Crippen LogP contribution in [0.5, 0.6) is 0 Å². The van der Waals surface area contributed by atoms with E-state index in [9.17, 15) is 22.4 Å². The molecule has 1 fully saturated rings. The van der Waals surface area contributed by atoms with E-state index in [-0.39, 0.29) is 29.5 Å². The monoisotopic (exact) mass is 476 g/mol. The van der Waals surface area contributed by atoms with E-state index in [0.717, 1.165) is 23.3 Å². The molecular formula is C25H21ClF4N2O. The molecule has 2 aromatic carbocycles. The van der Waals surface area contributed by atoms with Crippen LogP contribution in [0.3, 0.4) is 0 Å². The van der Waals surface area contributed by atoms with Gasteiger partial charge in [-0.05, 0) is 66.8 Å². The number of amides is 1.